The van der Waals surface area contributed by atoms with Gasteiger partial charge in [-0.3, -0.25) is 5.10 Å². The van der Waals surface area contributed by atoms with Gasteiger partial charge >= 0.3 is 0 Å². The lowest BCUT2D eigenvalue weighted by Gasteiger charge is -2.19. The molecule has 0 saturated carbocycles. The number of ether oxygens (including phenoxy) is 1. The molecule has 0 unspecified atom stereocenters. The van der Waals surface area contributed by atoms with Crippen LogP contribution in [0.2, 0.25) is 0 Å². The molecule has 0 amide bonds. The van der Waals surface area contributed by atoms with E-state index in [4.69, 9.17) is 4.74 Å². The summed E-state index contributed by atoms with van der Waals surface area (Å²) in [7, 11) is 1.94. The zero-order valence-electron chi connectivity index (χ0n) is 8.55. The van der Waals surface area contributed by atoms with E-state index in [2.05, 4.69) is 21.6 Å². The predicted octanol–water partition coefficient (Wildman–Crippen LogP) is 1.02. The summed E-state index contributed by atoms with van der Waals surface area (Å²) >= 11 is 0. The minimum atomic E-state index is 0.589. The molecule has 2 rings (SSSR count). The highest BCUT2D eigenvalue weighted by Crippen LogP contribution is 2.25. The first kappa shape index (κ1) is 9.68. The SMILES string of the molecule is CNCc1cc(C2CCOCC2)n[nH]1. The highest BCUT2D eigenvalue weighted by Gasteiger charge is 2.18. The van der Waals surface area contributed by atoms with Crippen LogP contribution in [0.4, 0.5) is 0 Å². The Morgan fingerprint density at radius 2 is 2.36 bits per heavy atom. The van der Waals surface area contributed by atoms with E-state index in [0.29, 0.717) is 5.92 Å². The van der Waals surface area contributed by atoms with Gasteiger partial charge in [-0.2, -0.15) is 5.10 Å². The van der Waals surface area contributed by atoms with Crippen molar-refractivity contribution in [2.45, 2.75) is 25.3 Å². The van der Waals surface area contributed by atoms with Gasteiger partial charge in [-0.15, -0.1) is 0 Å². The minimum absolute atomic E-state index is 0.589. The van der Waals surface area contributed by atoms with Crippen molar-refractivity contribution < 1.29 is 4.74 Å². The summed E-state index contributed by atoms with van der Waals surface area (Å²) < 4.78 is 5.33. The van der Waals surface area contributed by atoms with Gasteiger partial charge in [0.25, 0.3) is 0 Å². The molecule has 1 aliphatic rings. The molecule has 14 heavy (non-hydrogen) atoms. The van der Waals surface area contributed by atoms with Gasteiger partial charge in [0.05, 0.1) is 5.69 Å². The van der Waals surface area contributed by atoms with Crippen LogP contribution in [0.15, 0.2) is 6.07 Å². The van der Waals surface area contributed by atoms with Crippen molar-refractivity contribution in [1.82, 2.24) is 15.5 Å². The number of rotatable bonds is 3. The van der Waals surface area contributed by atoms with Crippen LogP contribution in [0.3, 0.4) is 0 Å². The molecule has 4 nitrogen and oxygen atoms in total. The third-order valence-corrected chi connectivity index (χ3v) is 2.66. The monoisotopic (exact) mass is 195 g/mol. The third-order valence-electron chi connectivity index (χ3n) is 2.66. The molecule has 1 aromatic rings. The quantitative estimate of drug-likeness (QED) is 0.757. The second-order valence-corrected chi connectivity index (χ2v) is 3.74. The zero-order valence-corrected chi connectivity index (χ0v) is 8.55. The zero-order chi connectivity index (χ0) is 9.80. The Hall–Kier alpha value is -0.870. The summed E-state index contributed by atoms with van der Waals surface area (Å²) in [5.74, 6) is 0.589. The van der Waals surface area contributed by atoms with E-state index >= 15 is 0 Å². The maximum Gasteiger partial charge on any atom is 0.0658 e. The number of H-pyrrole nitrogens is 1. The Morgan fingerprint density at radius 1 is 1.57 bits per heavy atom. The van der Waals surface area contributed by atoms with Crippen LogP contribution in [0, 0.1) is 0 Å². The molecule has 2 heterocycles. The van der Waals surface area contributed by atoms with Gasteiger partial charge in [0.2, 0.25) is 0 Å². The van der Waals surface area contributed by atoms with Crippen LogP contribution in [-0.2, 0) is 11.3 Å². The molecule has 0 aliphatic carbocycles. The Morgan fingerprint density at radius 3 is 3.07 bits per heavy atom. The molecular weight excluding hydrogens is 178 g/mol. The first-order valence-electron chi connectivity index (χ1n) is 5.16. The lowest BCUT2D eigenvalue weighted by atomic mass is 9.96. The number of aromatic amines is 1. The summed E-state index contributed by atoms with van der Waals surface area (Å²) in [4.78, 5) is 0. The lowest BCUT2D eigenvalue weighted by molar-refractivity contribution is 0.0845. The van der Waals surface area contributed by atoms with Crippen molar-refractivity contribution >= 4 is 0 Å². The Kier molecular flexibility index (Phi) is 3.16. The van der Waals surface area contributed by atoms with E-state index in [-0.39, 0.29) is 0 Å². The maximum atomic E-state index is 5.33. The predicted molar refractivity (Wildman–Crippen MR) is 54.1 cm³/mol. The van der Waals surface area contributed by atoms with E-state index in [1.54, 1.807) is 0 Å². The topological polar surface area (TPSA) is 49.9 Å². The van der Waals surface area contributed by atoms with Crippen LogP contribution < -0.4 is 5.32 Å². The van der Waals surface area contributed by atoms with Crippen LogP contribution in [0.1, 0.15) is 30.1 Å². The molecule has 1 fully saturated rings. The van der Waals surface area contributed by atoms with E-state index in [9.17, 15) is 0 Å². The third kappa shape index (κ3) is 2.13. The number of nitrogens with zero attached hydrogens (tertiary/aromatic N) is 1. The largest absolute Gasteiger partial charge is 0.381 e. The summed E-state index contributed by atoms with van der Waals surface area (Å²) in [6.07, 6.45) is 2.20. The standard InChI is InChI=1S/C10H17N3O/c1-11-7-9-6-10(13-12-9)8-2-4-14-5-3-8/h6,8,11H,2-5,7H2,1H3,(H,12,13). The lowest BCUT2D eigenvalue weighted by Crippen LogP contribution is -2.14. The number of aromatic nitrogens is 2. The second-order valence-electron chi connectivity index (χ2n) is 3.74. The Labute approximate surface area is 84.0 Å². The van der Waals surface area contributed by atoms with E-state index in [1.807, 2.05) is 7.05 Å². The van der Waals surface area contributed by atoms with E-state index in [0.717, 1.165) is 38.3 Å². The molecule has 1 saturated heterocycles. The average Bonchev–Trinajstić information content (AvgIpc) is 2.68. The fourth-order valence-corrected chi connectivity index (χ4v) is 1.86. The van der Waals surface area contributed by atoms with Gasteiger partial charge in [-0.25, -0.2) is 0 Å². The first-order valence-corrected chi connectivity index (χ1v) is 5.16. The van der Waals surface area contributed by atoms with Gasteiger partial charge in [-0.05, 0) is 26.0 Å². The molecule has 1 aliphatic heterocycles. The summed E-state index contributed by atoms with van der Waals surface area (Å²) in [6, 6.07) is 2.16. The van der Waals surface area contributed by atoms with Gasteiger partial charge in [0, 0.05) is 31.4 Å². The maximum absolute atomic E-state index is 5.33. The van der Waals surface area contributed by atoms with Crippen molar-refractivity contribution in [2.24, 2.45) is 0 Å². The molecular formula is C10H17N3O. The fourth-order valence-electron chi connectivity index (χ4n) is 1.86. The molecule has 2 N–H and O–H groups in total. The minimum Gasteiger partial charge on any atom is -0.381 e. The van der Waals surface area contributed by atoms with E-state index < -0.39 is 0 Å². The van der Waals surface area contributed by atoms with Crippen LogP contribution >= 0.6 is 0 Å². The van der Waals surface area contributed by atoms with Crippen molar-refractivity contribution in [3.8, 4) is 0 Å². The van der Waals surface area contributed by atoms with Gasteiger partial charge in [-0.1, -0.05) is 0 Å². The molecule has 0 radical (unpaired) electrons. The van der Waals surface area contributed by atoms with Crippen LogP contribution in [0.5, 0.6) is 0 Å². The average molecular weight is 195 g/mol. The summed E-state index contributed by atoms with van der Waals surface area (Å²) in [6.45, 7) is 2.61. The van der Waals surface area contributed by atoms with Crippen LogP contribution in [-0.4, -0.2) is 30.5 Å². The van der Waals surface area contributed by atoms with Crippen molar-refractivity contribution in [2.75, 3.05) is 20.3 Å². The van der Waals surface area contributed by atoms with Gasteiger partial charge in [0.1, 0.15) is 0 Å². The number of hydrogen-bond acceptors (Lipinski definition) is 3. The molecule has 78 valence electrons. The second kappa shape index (κ2) is 4.57. The highest BCUT2D eigenvalue weighted by atomic mass is 16.5. The number of nitrogens with one attached hydrogen (secondary N) is 2. The Bertz CT molecular complexity index is 279. The fraction of sp³-hybridized carbons (Fsp3) is 0.700. The van der Waals surface area contributed by atoms with Crippen molar-refractivity contribution in [1.29, 1.82) is 0 Å². The summed E-state index contributed by atoms with van der Waals surface area (Å²) in [5.41, 5.74) is 2.35. The highest BCUT2D eigenvalue weighted by molar-refractivity contribution is 5.13. The molecule has 0 spiro atoms. The molecule has 1 aromatic heterocycles. The van der Waals surface area contributed by atoms with E-state index in [1.165, 1.54) is 5.69 Å². The van der Waals surface area contributed by atoms with Gasteiger partial charge < -0.3 is 10.1 Å². The van der Waals surface area contributed by atoms with Gasteiger partial charge in [0.15, 0.2) is 0 Å². The summed E-state index contributed by atoms with van der Waals surface area (Å²) in [5, 5.41) is 10.5. The smallest absolute Gasteiger partial charge is 0.0658 e. The van der Waals surface area contributed by atoms with Crippen LogP contribution in [0.25, 0.3) is 0 Å². The molecule has 0 bridgehead atoms. The molecule has 0 aromatic carbocycles. The van der Waals surface area contributed by atoms with Crippen molar-refractivity contribution in [3.63, 3.8) is 0 Å². The first-order chi connectivity index (χ1) is 6.90. The van der Waals surface area contributed by atoms with Crippen molar-refractivity contribution in [3.05, 3.63) is 17.5 Å². The number of hydrogen-bond donors (Lipinski definition) is 2. The molecule has 0 atom stereocenters. The Balaban J connectivity index is 2.00. The molecule has 4 heteroatoms. The normalized spacial score (nSPS) is 18.6.